The quantitative estimate of drug-likeness (QED) is 0.342. The van der Waals surface area contributed by atoms with Gasteiger partial charge in [0, 0.05) is 24.3 Å². The molecular formula is C22H16F3N5S. The molecule has 0 radical (unpaired) electrons. The molecule has 0 unspecified atom stereocenters. The lowest BCUT2D eigenvalue weighted by molar-refractivity contribution is -0.137. The number of halogens is 3. The molecule has 0 amide bonds. The number of nitrogens with zero attached hydrogens (tertiary/aromatic N) is 5. The summed E-state index contributed by atoms with van der Waals surface area (Å²) >= 11 is 1.38. The van der Waals surface area contributed by atoms with Crippen LogP contribution in [0, 0.1) is 0 Å². The molecule has 0 spiro atoms. The Labute approximate surface area is 179 Å². The van der Waals surface area contributed by atoms with Crippen molar-refractivity contribution in [3.63, 3.8) is 0 Å². The van der Waals surface area contributed by atoms with E-state index in [-0.39, 0.29) is 0 Å². The molecule has 5 aromatic rings. The fourth-order valence-electron chi connectivity index (χ4n) is 3.40. The van der Waals surface area contributed by atoms with Crippen molar-refractivity contribution in [3.05, 3.63) is 90.0 Å². The topological polar surface area (TPSA) is 48.0 Å². The minimum atomic E-state index is -4.36. The molecule has 0 saturated carbocycles. The number of rotatable bonds is 5. The Bertz CT molecular complexity index is 1340. The maximum atomic E-state index is 13.0. The Hall–Kier alpha value is -3.33. The third-order valence-corrected chi connectivity index (χ3v) is 5.87. The molecule has 0 aliphatic rings. The van der Waals surface area contributed by atoms with E-state index in [9.17, 15) is 13.2 Å². The number of alkyl halides is 3. The van der Waals surface area contributed by atoms with Gasteiger partial charge in [-0.15, -0.1) is 0 Å². The fraction of sp³-hybridized carbons (Fsp3) is 0.136. The van der Waals surface area contributed by atoms with Gasteiger partial charge >= 0.3 is 6.18 Å². The van der Waals surface area contributed by atoms with Gasteiger partial charge in [-0.3, -0.25) is 4.57 Å². The maximum Gasteiger partial charge on any atom is 0.416 e. The molecule has 1 aromatic carbocycles. The molecule has 4 heterocycles. The van der Waals surface area contributed by atoms with E-state index in [4.69, 9.17) is 0 Å². The number of hydrogen-bond donors (Lipinski definition) is 0. The van der Waals surface area contributed by atoms with E-state index in [1.165, 1.54) is 23.9 Å². The second-order valence-corrected chi connectivity index (χ2v) is 7.95. The van der Waals surface area contributed by atoms with E-state index in [0.717, 1.165) is 22.9 Å². The van der Waals surface area contributed by atoms with Gasteiger partial charge in [-0.2, -0.15) is 13.2 Å². The molecule has 0 N–H and O–H groups in total. The van der Waals surface area contributed by atoms with Crippen LogP contribution in [-0.4, -0.2) is 23.9 Å². The molecule has 5 rings (SSSR count). The van der Waals surface area contributed by atoms with Gasteiger partial charge < -0.3 is 4.40 Å². The Balaban J connectivity index is 1.46. The molecule has 5 nitrogen and oxygen atoms in total. The van der Waals surface area contributed by atoms with E-state index in [1.54, 1.807) is 12.3 Å². The van der Waals surface area contributed by atoms with Crippen molar-refractivity contribution in [1.29, 1.82) is 0 Å². The fourth-order valence-corrected chi connectivity index (χ4v) is 4.35. The molecule has 0 aliphatic heterocycles. The van der Waals surface area contributed by atoms with E-state index < -0.39 is 11.7 Å². The molecule has 9 heteroatoms. The number of thioether (sulfide) groups is 1. The number of aromatic nitrogens is 5. The monoisotopic (exact) mass is 439 g/mol. The van der Waals surface area contributed by atoms with E-state index >= 15 is 0 Å². The zero-order valence-corrected chi connectivity index (χ0v) is 16.9. The van der Waals surface area contributed by atoms with Gasteiger partial charge in [-0.05, 0) is 35.9 Å². The van der Waals surface area contributed by atoms with E-state index in [2.05, 4.69) is 15.0 Å². The van der Waals surface area contributed by atoms with Gasteiger partial charge in [0.25, 0.3) is 0 Å². The van der Waals surface area contributed by atoms with Crippen LogP contribution in [0.15, 0.2) is 78.3 Å². The van der Waals surface area contributed by atoms with Crippen LogP contribution in [0.5, 0.6) is 0 Å². The predicted molar refractivity (Wildman–Crippen MR) is 113 cm³/mol. The van der Waals surface area contributed by atoms with Crippen LogP contribution in [-0.2, 0) is 18.5 Å². The summed E-state index contributed by atoms with van der Waals surface area (Å²) in [5.41, 5.74) is 3.07. The lowest BCUT2D eigenvalue weighted by atomic mass is 10.1. The van der Waals surface area contributed by atoms with Crippen molar-refractivity contribution < 1.29 is 13.2 Å². The molecule has 4 aromatic heterocycles. The maximum absolute atomic E-state index is 13.0. The van der Waals surface area contributed by atoms with Gasteiger partial charge in [0.2, 0.25) is 0 Å². The zero-order chi connectivity index (χ0) is 21.4. The minimum Gasteiger partial charge on any atom is -0.307 e. The average Bonchev–Trinajstić information content (AvgIpc) is 3.33. The molecule has 31 heavy (non-hydrogen) atoms. The number of pyridine rings is 2. The van der Waals surface area contributed by atoms with Crippen LogP contribution in [0.2, 0.25) is 0 Å². The first kappa shape index (κ1) is 19.6. The van der Waals surface area contributed by atoms with Gasteiger partial charge in [-0.25, -0.2) is 15.0 Å². The summed E-state index contributed by atoms with van der Waals surface area (Å²) in [6, 6.07) is 14.9. The average molecular weight is 439 g/mol. The highest BCUT2D eigenvalue weighted by Crippen LogP contribution is 2.32. The first-order valence-corrected chi connectivity index (χ1v) is 10.5. The predicted octanol–water partition coefficient (Wildman–Crippen LogP) is 5.44. The van der Waals surface area contributed by atoms with Gasteiger partial charge in [0.05, 0.1) is 17.8 Å². The Morgan fingerprint density at radius 2 is 1.87 bits per heavy atom. The lowest BCUT2D eigenvalue weighted by Crippen LogP contribution is -2.05. The van der Waals surface area contributed by atoms with Gasteiger partial charge in [-0.1, -0.05) is 36.0 Å². The van der Waals surface area contributed by atoms with Crippen LogP contribution < -0.4 is 0 Å². The van der Waals surface area contributed by atoms with Crippen molar-refractivity contribution in [2.24, 2.45) is 0 Å². The molecule has 156 valence electrons. The van der Waals surface area contributed by atoms with Crippen molar-refractivity contribution in [1.82, 2.24) is 23.9 Å². The number of benzene rings is 1. The van der Waals surface area contributed by atoms with Crippen LogP contribution >= 0.6 is 11.8 Å². The lowest BCUT2D eigenvalue weighted by Gasteiger charge is -2.09. The van der Waals surface area contributed by atoms with Crippen molar-refractivity contribution in [2.75, 3.05) is 0 Å². The van der Waals surface area contributed by atoms with Gasteiger partial charge in [0.1, 0.15) is 11.2 Å². The molecule has 0 saturated heterocycles. The SMILES string of the molecule is FC(F)(F)c1cccc(CSc2nc3cccnc3n2Cc2cn3ccccc3n2)c1. The summed E-state index contributed by atoms with van der Waals surface area (Å²) in [5.74, 6) is 0.360. The molecule has 0 bridgehead atoms. The van der Waals surface area contributed by atoms with E-state index in [1.807, 2.05) is 51.7 Å². The van der Waals surface area contributed by atoms with Crippen molar-refractivity contribution >= 4 is 28.6 Å². The summed E-state index contributed by atoms with van der Waals surface area (Å²) in [7, 11) is 0. The van der Waals surface area contributed by atoms with Gasteiger partial charge in [0.15, 0.2) is 10.8 Å². The second-order valence-electron chi connectivity index (χ2n) is 7.01. The van der Waals surface area contributed by atoms with Crippen LogP contribution in [0.3, 0.4) is 0 Å². The first-order valence-electron chi connectivity index (χ1n) is 9.50. The summed E-state index contributed by atoms with van der Waals surface area (Å²) in [6.07, 6.45) is 1.22. The Kier molecular flexibility index (Phi) is 4.90. The summed E-state index contributed by atoms with van der Waals surface area (Å²) in [6.45, 7) is 0.458. The van der Waals surface area contributed by atoms with Crippen LogP contribution in [0.4, 0.5) is 13.2 Å². The van der Waals surface area contributed by atoms with Crippen LogP contribution in [0.25, 0.3) is 16.8 Å². The number of fused-ring (bicyclic) bond motifs is 2. The number of hydrogen-bond acceptors (Lipinski definition) is 4. The standard InChI is InChI=1S/C22H16F3N5S/c23-22(24,25)16-6-3-5-15(11-16)14-31-21-28-18-7-4-9-26-20(18)30(21)13-17-12-29-10-2-1-8-19(29)27-17/h1-12H,13-14H2. The smallest absolute Gasteiger partial charge is 0.307 e. The Morgan fingerprint density at radius 1 is 0.968 bits per heavy atom. The minimum absolute atomic E-state index is 0.360. The Morgan fingerprint density at radius 3 is 2.71 bits per heavy atom. The normalized spacial score (nSPS) is 12.1. The van der Waals surface area contributed by atoms with E-state index in [0.29, 0.717) is 28.7 Å². The first-order chi connectivity index (χ1) is 15.0. The highest BCUT2D eigenvalue weighted by atomic mass is 32.2. The number of imidazole rings is 2. The van der Waals surface area contributed by atoms with Crippen molar-refractivity contribution in [2.45, 2.75) is 23.6 Å². The molecule has 0 aliphatic carbocycles. The molecule has 0 fully saturated rings. The molecule has 0 atom stereocenters. The zero-order valence-electron chi connectivity index (χ0n) is 16.1. The van der Waals surface area contributed by atoms with Crippen LogP contribution in [0.1, 0.15) is 16.8 Å². The summed E-state index contributed by atoms with van der Waals surface area (Å²) in [5, 5.41) is 0.683. The largest absolute Gasteiger partial charge is 0.416 e. The summed E-state index contributed by atoms with van der Waals surface area (Å²) in [4.78, 5) is 13.8. The highest BCUT2D eigenvalue weighted by molar-refractivity contribution is 7.98. The third-order valence-electron chi connectivity index (χ3n) is 4.82. The third kappa shape index (κ3) is 4.00. The summed E-state index contributed by atoms with van der Waals surface area (Å²) < 4.78 is 43.0. The van der Waals surface area contributed by atoms with Crippen molar-refractivity contribution in [3.8, 4) is 0 Å². The molecular weight excluding hydrogens is 423 g/mol. The second kappa shape index (κ2) is 7.73. The highest BCUT2D eigenvalue weighted by Gasteiger charge is 2.30.